The van der Waals surface area contributed by atoms with Crippen molar-refractivity contribution in [3.63, 3.8) is 0 Å². The molecular formula is C21H20N2O4. The topological polar surface area (TPSA) is 76.7 Å². The van der Waals surface area contributed by atoms with Gasteiger partial charge in [-0.25, -0.2) is 0 Å². The van der Waals surface area contributed by atoms with Crippen molar-refractivity contribution in [2.45, 2.75) is 31.6 Å². The van der Waals surface area contributed by atoms with Crippen LogP contribution in [0.1, 0.15) is 41.0 Å². The Morgan fingerprint density at radius 3 is 2.56 bits per heavy atom. The zero-order valence-electron chi connectivity index (χ0n) is 15.1. The van der Waals surface area contributed by atoms with Crippen LogP contribution in [0, 0.1) is 0 Å². The van der Waals surface area contributed by atoms with Gasteiger partial charge in [-0.1, -0.05) is 6.07 Å². The van der Waals surface area contributed by atoms with Crippen molar-refractivity contribution >= 4 is 23.2 Å². The molecule has 138 valence electrons. The molecule has 2 heterocycles. The van der Waals surface area contributed by atoms with Crippen LogP contribution in [0.5, 0.6) is 11.5 Å². The third kappa shape index (κ3) is 2.63. The summed E-state index contributed by atoms with van der Waals surface area (Å²) >= 11 is 0. The number of methoxy groups -OCH3 is 1. The zero-order valence-corrected chi connectivity index (χ0v) is 15.1. The molecule has 0 bridgehead atoms. The van der Waals surface area contributed by atoms with Gasteiger partial charge in [-0.3, -0.25) is 9.59 Å². The van der Waals surface area contributed by atoms with Crippen LogP contribution in [0.15, 0.2) is 24.3 Å². The van der Waals surface area contributed by atoms with E-state index in [-0.39, 0.29) is 24.3 Å². The highest BCUT2D eigenvalue weighted by Crippen LogP contribution is 2.46. The molecule has 3 aliphatic rings. The molecule has 2 aliphatic heterocycles. The van der Waals surface area contributed by atoms with Crippen molar-refractivity contribution in [2.75, 3.05) is 24.4 Å². The van der Waals surface area contributed by atoms with Gasteiger partial charge in [0.2, 0.25) is 5.91 Å². The summed E-state index contributed by atoms with van der Waals surface area (Å²) in [6.45, 7) is -0.0121. The summed E-state index contributed by atoms with van der Waals surface area (Å²) in [6.07, 6.45) is 3.63. The lowest BCUT2D eigenvalue weighted by Gasteiger charge is -2.30. The Balaban J connectivity index is 1.66. The Labute approximate surface area is 156 Å². The van der Waals surface area contributed by atoms with Gasteiger partial charge >= 0.3 is 0 Å². The summed E-state index contributed by atoms with van der Waals surface area (Å²) in [5.41, 5.74) is 6.04. The summed E-state index contributed by atoms with van der Waals surface area (Å²) in [4.78, 5) is 24.1. The predicted octanol–water partition coefficient (Wildman–Crippen LogP) is 2.99. The SMILES string of the molecule is COc1cc2c(cc1[C@H]1CC(=O)Nc3cc4c(cc31)NC(=O)CO4)CCC2. The number of aryl methyl sites for hydroxylation is 2. The van der Waals surface area contributed by atoms with Crippen LogP contribution in [0.2, 0.25) is 0 Å². The van der Waals surface area contributed by atoms with Crippen LogP contribution >= 0.6 is 0 Å². The normalized spacial score (nSPS) is 20.0. The van der Waals surface area contributed by atoms with Crippen LogP contribution in [0.4, 0.5) is 11.4 Å². The van der Waals surface area contributed by atoms with Gasteiger partial charge in [0, 0.05) is 29.7 Å². The first kappa shape index (κ1) is 16.2. The summed E-state index contributed by atoms with van der Waals surface area (Å²) in [5.74, 6) is 1.07. The van der Waals surface area contributed by atoms with E-state index in [0.29, 0.717) is 17.9 Å². The maximum Gasteiger partial charge on any atom is 0.262 e. The van der Waals surface area contributed by atoms with E-state index in [0.717, 1.165) is 41.8 Å². The highest BCUT2D eigenvalue weighted by molar-refractivity contribution is 5.99. The highest BCUT2D eigenvalue weighted by Gasteiger charge is 2.32. The Hall–Kier alpha value is -3.02. The van der Waals surface area contributed by atoms with E-state index in [4.69, 9.17) is 9.47 Å². The first-order chi connectivity index (χ1) is 13.1. The average Bonchev–Trinajstić information content (AvgIpc) is 3.12. The molecule has 5 rings (SSSR count). The van der Waals surface area contributed by atoms with Gasteiger partial charge in [-0.15, -0.1) is 0 Å². The molecule has 2 amide bonds. The lowest BCUT2D eigenvalue weighted by atomic mass is 9.82. The molecule has 0 radical (unpaired) electrons. The van der Waals surface area contributed by atoms with Gasteiger partial charge < -0.3 is 20.1 Å². The Morgan fingerprint density at radius 1 is 0.963 bits per heavy atom. The van der Waals surface area contributed by atoms with Gasteiger partial charge in [0.05, 0.1) is 12.8 Å². The molecule has 2 N–H and O–H groups in total. The Morgan fingerprint density at radius 2 is 1.74 bits per heavy atom. The number of nitrogens with one attached hydrogen (secondary N) is 2. The van der Waals surface area contributed by atoms with E-state index in [1.54, 1.807) is 13.2 Å². The van der Waals surface area contributed by atoms with Crippen molar-refractivity contribution in [1.82, 2.24) is 0 Å². The third-order valence-corrected chi connectivity index (χ3v) is 5.64. The second kappa shape index (κ2) is 6.01. The second-order valence-corrected chi connectivity index (χ2v) is 7.29. The summed E-state index contributed by atoms with van der Waals surface area (Å²) in [6, 6.07) is 8.03. The molecule has 2 aromatic carbocycles. The van der Waals surface area contributed by atoms with Crippen LogP contribution in [-0.4, -0.2) is 25.5 Å². The average molecular weight is 364 g/mol. The molecule has 0 fully saturated rings. The van der Waals surface area contributed by atoms with E-state index in [9.17, 15) is 9.59 Å². The molecule has 0 saturated heterocycles. The number of carbonyl (C=O) groups excluding carboxylic acids is 2. The maximum absolute atomic E-state index is 12.4. The van der Waals surface area contributed by atoms with Gasteiger partial charge in [0.1, 0.15) is 11.5 Å². The minimum Gasteiger partial charge on any atom is -0.496 e. The lowest BCUT2D eigenvalue weighted by molar-refractivity contribution is -0.119. The van der Waals surface area contributed by atoms with Crippen LogP contribution < -0.4 is 20.1 Å². The van der Waals surface area contributed by atoms with E-state index in [1.807, 2.05) is 6.07 Å². The number of amides is 2. The molecule has 0 aromatic heterocycles. The molecule has 0 unspecified atom stereocenters. The van der Waals surface area contributed by atoms with Crippen molar-refractivity contribution in [1.29, 1.82) is 0 Å². The molecule has 27 heavy (non-hydrogen) atoms. The third-order valence-electron chi connectivity index (χ3n) is 5.64. The summed E-state index contributed by atoms with van der Waals surface area (Å²) < 4.78 is 11.2. The fourth-order valence-corrected chi connectivity index (χ4v) is 4.38. The van der Waals surface area contributed by atoms with Crippen molar-refractivity contribution in [2.24, 2.45) is 0 Å². The highest BCUT2D eigenvalue weighted by atomic mass is 16.5. The Kier molecular flexibility index (Phi) is 3.60. The minimum absolute atomic E-state index is 0.0121. The van der Waals surface area contributed by atoms with Gasteiger partial charge in [0.15, 0.2) is 6.61 Å². The molecule has 6 nitrogen and oxygen atoms in total. The number of anilines is 2. The van der Waals surface area contributed by atoms with Crippen LogP contribution in [-0.2, 0) is 22.4 Å². The summed E-state index contributed by atoms with van der Waals surface area (Å²) in [5, 5.41) is 5.79. The fourth-order valence-electron chi connectivity index (χ4n) is 4.38. The van der Waals surface area contributed by atoms with Gasteiger partial charge in [-0.2, -0.15) is 0 Å². The smallest absolute Gasteiger partial charge is 0.262 e. The molecule has 1 atom stereocenters. The second-order valence-electron chi connectivity index (χ2n) is 7.29. The number of hydrogen-bond donors (Lipinski definition) is 2. The van der Waals surface area contributed by atoms with E-state index in [1.165, 1.54) is 11.1 Å². The molecule has 6 heteroatoms. The van der Waals surface area contributed by atoms with E-state index < -0.39 is 0 Å². The number of hydrogen-bond acceptors (Lipinski definition) is 4. The first-order valence-electron chi connectivity index (χ1n) is 9.22. The molecule has 0 spiro atoms. The van der Waals surface area contributed by atoms with E-state index >= 15 is 0 Å². The molecule has 0 saturated carbocycles. The molecular weight excluding hydrogens is 344 g/mol. The largest absolute Gasteiger partial charge is 0.496 e. The molecule has 1 aliphatic carbocycles. The number of rotatable bonds is 2. The Bertz CT molecular complexity index is 983. The number of carbonyl (C=O) groups is 2. The first-order valence-corrected chi connectivity index (χ1v) is 9.22. The quantitative estimate of drug-likeness (QED) is 0.859. The monoisotopic (exact) mass is 364 g/mol. The predicted molar refractivity (Wildman–Crippen MR) is 101 cm³/mol. The van der Waals surface area contributed by atoms with Gasteiger partial charge in [-0.05, 0) is 48.1 Å². The number of benzene rings is 2. The van der Waals surface area contributed by atoms with Crippen molar-refractivity contribution < 1.29 is 19.1 Å². The number of fused-ring (bicyclic) bond motifs is 3. The van der Waals surface area contributed by atoms with Crippen molar-refractivity contribution in [3.8, 4) is 11.5 Å². The van der Waals surface area contributed by atoms with E-state index in [2.05, 4.69) is 22.8 Å². The lowest BCUT2D eigenvalue weighted by Crippen LogP contribution is -2.28. The van der Waals surface area contributed by atoms with Crippen molar-refractivity contribution in [3.05, 3.63) is 46.5 Å². The zero-order chi connectivity index (χ0) is 18.5. The van der Waals surface area contributed by atoms with Crippen LogP contribution in [0.25, 0.3) is 0 Å². The minimum atomic E-state index is -0.172. The van der Waals surface area contributed by atoms with Crippen LogP contribution in [0.3, 0.4) is 0 Å². The fraction of sp³-hybridized carbons (Fsp3) is 0.333. The maximum atomic E-state index is 12.4. The molecule has 2 aromatic rings. The number of ether oxygens (including phenoxy) is 2. The standard InChI is InChI=1S/C21H20N2O4/c1-26-18-6-12-4-2-3-11(12)5-15(18)13-8-20(24)22-16-9-19-17(7-14(13)16)23-21(25)10-27-19/h5-7,9,13H,2-4,8,10H2,1H3,(H,22,24)(H,23,25)/t13-/m0/s1. The van der Waals surface area contributed by atoms with Gasteiger partial charge in [0.25, 0.3) is 5.91 Å². The summed E-state index contributed by atoms with van der Waals surface area (Å²) in [7, 11) is 1.67.